The number of alkyl halides is 1. The number of aromatic nitrogens is 3. The molecule has 1 N–H and O–H groups in total. The molecule has 2 aromatic carbocycles. The first kappa shape index (κ1) is 34.6. The molecule has 15 heteroatoms. The number of hydrogen-bond donors (Lipinski definition) is 1. The number of piperazine rings is 1. The summed E-state index contributed by atoms with van der Waals surface area (Å²) in [6, 6.07) is 13.7. The van der Waals surface area contributed by atoms with E-state index in [2.05, 4.69) is 14.6 Å². The molecule has 6 rings (SSSR count). The molecular formula is C34H38ClF2N7O4S. The minimum atomic E-state index is -4.23. The molecule has 2 aliphatic rings. The molecule has 11 nitrogen and oxygen atoms in total. The van der Waals surface area contributed by atoms with Crippen molar-refractivity contribution in [1.29, 1.82) is 0 Å². The summed E-state index contributed by atoms with van der Waals surface area (Å²) in [4.78, 5) is 20.7. The molecule has 1 amide bonds. The van der Waals surface area contributed by atoms with Crippen LogP contribution in [-0.2, 0) is 14.9 Å². The summed E-state index contributed by atoms with van der Waals surface area (Å²) in [5, 5.41) is 4.90. The van der Waals surface area contributed by atoms with Crippen LogP contribution in [0.15, 0.2) is 67.1 Å². The van der Waals surface area contributed by atoms with Gasteiger partial charge in [0.05, 0.1) is 11.4 Å². The monoisotopic (exact) mass is 713 g/mol. The molecule has 0 saturated carbocycles. The molecule has 2 aromatic heterocycles. The normalized spacial score (nSPS) is 18.9. The average Bonchev–Trinajstić information content (AvgIpc) is 3.70. The number of hydrogen-bond acceptors (Lipinski definition) is 7. The fourth-order valence-corrected chi connectivity index (χ4v) is 7.47. The van der Waals surface area contributed by atoms with Gasteiger partial charge in [0.25, 0.3) is 0 Å². The van der Waals surface area contributed by atoms with Crippen LogP contribution in [-0.4, -0.2) is 89.0 Å². The van der Waals surface area contributed by atoms with Crippen molar-refractivity contribution in [2.45, 2.75) is 51.9 Å². The van der Waals surface area contributed by atoms with E-state index in [0.29, 0.717) is 42.1 Å². The molecule has 260 valence electrons. The maximum Gasteiger partial charge on any atom is 0.410 e. The zero-order chi connectivity index (χ0) is 35.1. The number of carbonyl (C=O) groups excluding carboxylic acids is 1. The summed E-state index contributed by atoms with van der Waals surface area (Å²) in [7, 11) is -4.23. The lowest BCUT2D eigenvalue weighted by Crippen LogP contribution is -2.55. The number of anilines is 2. The van der Waals surface area contributed by atoms with Crippen LogP contribution in [0.3, 0.4) is 0 Å². The van der Waals surface area contributed by atoms with E-state index in [1.54, 1.807) is 40.3 Å². The summed E-state index contributed by atoms with van der Waals surface area (Å²) in [6.07, 6.45) is 3.32. The van der Waals surface area contributed by atoms with Gasteiger partial charge in [-0.05, 0) is 82.6 Å². The van der Waals surface area contributed by atoms with Crippen molar-refractivity contribution in [3.8, 4) is 28.1 Å². The van der Waals surface area contributed by atoms with Crippen molar-refractivity contribution in [2.24, 2.45) is 0 Å². The number of carbonyl (C=O) groups is 1. The highest BCUT2D eigenvalue weighted by Crippen LogP contribution is 2.38. The van der Waals surface area contributed by atoms with Gasteiger partial charge in [0.15, 0.2) is 5.82 Å². The van der Waals surface area contributed by atoms with E-state index >= 15 is 4.39 Å². The van der Waals surface area contributed by atoms with Crippen LogP contribution < -0.4 is 9.62 Å². The molecule has 2 aliphatic heterocycles. The Bertz CT molecular complexity index is 1940. The van der Waals surface area contributed by atoms with E-state index in [-0.39, 0.29) is 47.9 Å². The van der Waals surface area contributed by atoms with Gasteiger partial charge in [-0.25, -0.2) is 18.3 Å². The Balaban J connectivity index is 1.29. The van der Waals surface area contributed by atoms with Crippen molar-refractivity contribution in [3.63, 3.8) is 0 Å². The molecule has 49 heavy (non-hydrogen) atoms. The largest absolute Gasteiger partial charge is 0.444 e. The summed E-state index contributed by atoms with van der Waals surface area (Å²) in [5.41, 5.74) is 2.22. The number of ether oxygens (including phenoxy) is 1. The molecule has 0 aliphatic carbocycles. The van der Waals surface area contributed by atoms with Gasteiger partial charge in [0.2, 0.25) is 0 Å². The molecule has 0 unspecified atom stereocenters. The van der Waals surface area contributed by atoms with Crippen LogP contribution in [0.25, 0.3) is 28.1 Å². The highest BCUT2D eigenvalue weighted by molar-refractivity contribution is 7.90. The van der Waals surface area contributed by atoms with Crippen LogP contribution in [0, 0.1) is 5.82 Å². The molecule has 0 radical (unpaired) electrons. The Morgan fingerprint density at radius 3 is 2.33 bits per heavy atom. The fourth-order valence-electron chi connectivity index (χ4n) is 6.00. The third-order valence-electron chi connectivity index (χ3n) is 8.40. The van der Waals surface area contributed by atoms with Crippen molar-refractivity contribution in [2.75, 3.05) is 42.3 Å². The average molecular weight is 714 g/mol. The van der Waals surface area contributed by atoms with Crippen LogP contribution in [0.4, 0.5) is 25.0 Å². The number of benzene rings is 2. The molecule has 0 spiro atoms. The minimum Gasteiger partial charge on any atom is -0.444 e. The topological polar surface area (TPSA) is 113 Å². The molecule has 4 heterocycles. The number of halogens is 3. The maximum atomic E-state index is 16.2. The Morgan fingerprint density at radius 2 is 1.69 bits per heavy atom. The van der Waals surface area contributed by atoms with E-state index in [4.69, 9.17) is 21.4 Å². The van der Waals surface area contributed by atoms with E-state index < -0.39 is 27.8 Å². The number of nitrogens with zero attached hydrogens (tertiary/aromatic N) is 6. The van der Waals surface area contributed by atoms with Crippen molar-refractivity contribution in [3.05, 3.63) is 78.0 Å². The number of rotatable bonds is 7. The maximum absolute atomic E-state index is 16.2. The standard InChI is InChI=1S/C34H38ClF2N7O4S/c1-22-19-41(15-16-43(22)33(45)48-34(2,3)4)26-5-7-27(8-6-26)44-21-29(32(39-44)23-9-12-38-13-10-23)28-17-24(35)18-30(31(28)37)40-49(46,47)42-14-11-25(36)20-42/h5-10,12-13,17-18,21-22,25,40H,11,14-16,19-20H2,1-4H3/t22-,25-/m1/s1. The van der Waals surface area contributed by atoms with Crippen LogP contribution in [0.2, 0.25) is 5.02 Å². The summed E-state index contributed by atoms with van der Waals surface area (Å²) in [6.45, 7) is 9.01. The van der Waals surface area contributed by atoms with Gasteiger partial charge in [-0.15, -0.1) is 0 Å². The van der Waals surface area contributed by atoms with Crippen LogP contribution in [0.5, 0.6) is 0 Å². The SMILES string of the molecule is C[C@@H]1CN(c2ccc(-n3cc(-c4cc(Cl)cc(NS(=O)(=O)N5CC[C@@H](F)C5)c4F)c(-c4ccncc4)n3)cc2)CCN1C(=O)OC(C)(C)C. The molecular weight excluding hydrogens is 676 g/mol. The van der Waals surface area contributed by atoms with Gasteiger partial charge < -0.3 is 14.5 Å². The van der Waals surface area contributed by atoms with Crippen LogP contribution >= 0.6 is 11.6 Å². The second-order valence-corrected chi connectivity index (χ2v) is 15.3. The molecule has 2 atom stereocenters. The smallest absolute Gasteiger partial charge is 0.410 e. The molecule has 2 saturated heterocycles. The van der Waals surface area contributed by atoms with E-state index in [9.17, 15) is 17.6 Å². The Hall–Kier alpha value is -4.27. The van der Waals surface area contributed by atoms with Gasteiger partial charge >= 0.3 is 16.3 Å². The lowest BCUT2D eigenvalue weighted by atomic mass is 10.0. The lowest BCUT2D eigenvalue weighted by molar-refractivity contribution is 0.0159. The number of amides is 1. The zero-order valence-electron chi connectivity index (χ0n) is 27.6. The lowest BCUT2D eigenvalue weighted by Gasteiger charge is -2.41. The highest BCUT2D eigenvalue weighted by Gasteiger charge is 2.33. The van der Waals surface area contributed by atoms with Gasteiger partial charge in [0, 0.05) is 84.8 Å². The van der Waals surface area contributed by atoms with Crippen LogP contribution in [0.1, 0.15) is 34.1 Å². The van der Waals surface area contributed by atoms with Gasteiger partial charge in [-0.1, -0.05) is 11.6 Å². The molecule has 0 bridgehead atoms. The predicted molar refractivity (Wildman–Crippen MR) is 185 cm³/mol. The fraction of sp³-hybridized carbons (Fsp3) is 0.382. The molecule has 4 aromatic rings. The highest BCUT2D eigenvalue weighted by atomic mass is 35.5. The van der Waals surface area contributed by atoms with Crippen molar-refractivity contribution < 1.29 is 26.7 Å². The molecule has 2 fully saturated rings. The third kappa shape index (κ3) is 7.66. The van der Waals surface area contributed by atoms with Crippen molar-refractivity contribution >= 4 is 39.3 Å². The van der Waals surface area contributed by atoms with E-state index in [1.165, 1.54) is 12.1 Å². The third-order valence-corrected chi connectivity index (χ3v) is 10.1. The Labute approximate surface area is 289 Å². The predicted octanol–water partition coefficient (Wildman–Crippen LogP) is 6.54. The first-order chi connectivity index (χ1) is 23.2. The van der Waals surface area contributed by atoms with Gasteiger partial charge in [-0.2, -0.15) is 17.8 Å². The minimum absolute atomic E-state index is 0.00932. The van der Waals surface area contributed by atoms with E-state index in [1.807, 2.05) is 52.0 Å². The number of pyridine rings is 1. The quantitative estimate of drug-likeness (QED) is 0.232. The van der Waals surface area contributed by atoms with Crippen molar-refractivity contribution in [1.82, 2.24) is 24.0 Å². The van der Waals surface area contributed by atoms with E-state index in [0.717, 1.165) is 9.99 Å². The summed E-state index contributed by atoms with van der Waals surface area (Å²) in [5.74, 6) is -0.853. The first-order valence-electron chi connectivity index (χ1n) is 15.9. The Kier molecular flexibility index (Phi) is 9.57. The summed E-state index contributed by atoms with van der Waals surface area (Å²) >= 11 is 6.42. The zero-order valence-corrected chi connectivity index (χ0v) is 29.2. The second-order valence-electron chi connectivity index (χ2n) is 13.2. The van der Waals surface area contributed by atoms with Gasteiger partial charge in [0.1, 0.15) is 17.5 Å². The first-order valence-corrected chi connectivity index (χ1v) is 17.8. The Morgan fingerprint density at radius 1 is 1.00 bits per heavy atom. The summed E-state index contributed by atoms with van der Waals surface area (Å²) < 4.78 is 66.4. The van der Waals surface area contributed by atoms with Gasteiger partial charge in [-0.3, -0.25) is 9.71 Å². The second kappa shape index (κ2) is 13.6. The number of nitrogens with one attached hydrogen (secondary N) is 1.